The van der Waals surface area contributed by atoms with Crippen molar-refractivity contribution < 1.29 is 4.79 Å². The number of nitrogens with zero attached hydrogens (tertiary/aromatic N) is 1. The number of Topliss-reactive ketones (excluding diaryl/α,β-unsaturated/α-hetero) is 1. The number of carbonyl (C=O) groups is 1. The van der Waals surface area contributed by atoms with Gasteiger partial charge < -0.3 is 0 Å². The third-order valence-corrected chi connectivity index (χ3v) is 5.08. The fourth-order valence-corrected chi connectivity index (χ4v) is 3.89. The van der Waals surface area contributed by atoms with Crippen molar-refractivity contribution >= 4 is 17.5 Å². The molecule has 2 aromatic rings. The van der Waals surface area contributed by atoms with Crippen LogP contribution < -0.4 is 0 Å². The summed E-state index contributed by atoms with van der Waals surface area (Å²) in [5, 5.41) is 0. The summed E-state index contributed by atoms with van der Waals surface area (Å²) in [6.07, 6.45) is 0.815. The zero-order valence-corrected chi connectivity index (χ0v) is 13.5. The van der Waals surface area contributed by atoms with E-state index in [0.29, 0.717) is 0 Å². The smallest absolute Gasteiger partial charge is 0.167 e. The molecule has 0 saturated carbocycles. The third-order valence-electron chi connectivity index (χ3n) is 4.06. The molecule has 1 heterocycles. The average Bonchev–Trinajstić information content (AvgIpc) is 3.08. The standard InChI is InChI=1S/C19H21NOS/c21-19(17-9-5-2-6-10-17)18(14-20-11-12-22-15-20)13-16-7-3-1-4-8-16/h1-10,18H,11-15H2. The Bertz CT molecular complexity index is 593. The van der Waals surface area contributed by atoms with Crippen LogP contribution in [0.4, 0.5) is 0 Å². The summed E-state index contributed by atoms with van der Waals surface area (Å²) in [5.41, 5.74) is 2.07. The summed E-state index contributed by atoms with van der Waals surface area (Å²) in [5.74, 6) is 2.52. The van der Waals surface area contributed by atoms with E-state index in [4.69, 9.17) is 0 Å². The molecule has 0 N–H and O–H groups in total. The van der Waals surface area contributed by atoms with E-state index in [-0.39, 0.29) is 11.7 Å². The summed E-state index contributed by atoms with van der Waals surface area (Å²) in [7, 11) is 0. The molecule has 0 aliphatic carbocycles. The lowest BCUT2D eigenvalue weighted by atomic mass is 9.91. The fourth-order valence-electron chi connectivity index (χ4n) is 2.88. The Morgan fingerprint density at radius 1 is 1.05 bits per heavy atom. The Labute approximate surface area is 136 Å². The van der Waals surface area contributed by atoms with Crippen molar-refractivity contribution in [2.45, 2.75) is 6.42 Å². The van der Waals surface area contributed by atoms with E-state index < -0.39 is 0 Å². The lowest BCUT2D eigenvalue weighted by Crippen LogP contribution is -2.32. The molecule has 0 spiro atoms. The fraction of sp³-hybridized carbons (Fsp3) is 0.316. The monoisotopic (exact) mass is 311 g/mol. The van der Waals surface area contributed by atoms with Crippen LogP contribution in [0.25, 0.3) is 0 Å². The number of rotatable bonds is 6. The minimum atomic E-state index is 0.0310. The quantitative estimate of drug-likeness (QED) is 0.758. The van der Waals surface area contributed by atoms with Gasteiger partial charge >= 0.3 is 0 Å². The van der Waals surface area contributed by atoms with Gasteiger partial charge in [0, 0.05) is 36.2 Å². The highest BCUT2D eigenvalue weighted by Gasteiger charge is 2.24. The zero-order valence-electron chi connectivity index (χ0n) is 12.7. The van der Waals surface area contributed by atoms with Crippen molar-refractivity contribution in [3.63, 3.8) is 0 Å². The van der Waals surface area contributed by atoms with Crippen LogP contribution >= 0.6 is 11.8 Å². The lowest BCUT2D eigenvalue weighted by Gasteiger charge is -2.22. The van der Waals surface area contributed by atoms with Gasteiger partial charge in [0.25, 0.3) is 0 Å². The van der Waals surface area contributed by atoms with Gasteiger partial charge in [0.15, 0.2) is 5.78 Å². The van der Waals surface area contributed by atoms with Crippen LogP contribution in [-0.4, -0.2) is 35.4 Å². The van der Waals surface area contributed by atoms with Gasteiger partial charge in [-0.1, -0.05) is 60.7 Å². The van der Waals surface area contributed by atoms with Gasteiger partial charge in [-0.2, -0.15) is 0 Å². The first kappa shape index (κ1) is 15.3. The molecule has 114 valence electrons. The maximum absolute atomic E-state index is 12.9. The van der Waals surface area contributed by atoms with Crippen LogP contribution in [0, 0.1) is 5.92 Å². The van der Waals surface area contributed by atoms with E-state index in [1.807, 2.05) is 60.3 Å². The number of thioether (sulfide) groups is 1. The minimum absolute atomic E-state index is 0.0310. The first-order valence-corrected chi connectivity index (χ1v) is 8.91. The molecule has 0 aromatic heterocycles. The van der Waals surface area contributed by atoms with E-state index in [2.05, 4.69) is 17.0 Å². The number of hydrogen-bond acceptors (Lipinski definition) is 3. The molecular weight excluding hydrogens is 290 g/mol. The van der Waals surface area contributed by atoms with Crippen LogP contribution in [0.1, 0.15) is 15.9 Å². The Morgan fingerprint density at radius 2 is 1.73 bits per heavy atom. The molecule has 0 amide bonds. The molecule has 2 nitrogen and oxygen atoms in total. The van der Waals surface area contributed by atoms with Gasteiger partial charge in [-0.15, -0.1) is 11.8 Å². The molecule has 2 aromatic carbocycles. The van der Waals surface area contributed by atoms with Crippen molar-refractivity contribution in [1.29, 1.82) is 0 Å². The van der Waals surface area contributed by atoms with Gasteiger partial charge in [0.05, 0.1) is 0 Å². The molecular formula is C19H21NOS. The second-order valence-corrected chi connectivity index (χ2v) is 6.81. The predicted octanol–water partition coefficient (Wildman–Crippen LogP) is 3.73. The summed E-state index contributed by atoms with van der Waals surface area (Å²) < 4.78 is 0. The number of carbonyl (C=O) groups excluding carboxylic acids is 1. The van der Waals surface area contributed by atoms with Crippen LogP contribution in [-0.2, 0) is 6.42 Å². The molecule has 0 radical (unpaired) electrons. The van der Waals surface area contributed by atoms with Gasteiger partial charge in [0.2, 0.25) is 0 Å². The van der Waals surface area contributed by atoms with Crippen LogP contribution in [0.5, 0.6) is 0 Å². The Hall–Kier alpha value is -1.58. The van der Waals surface area contributed by atoms with Gasteiger partial charge in [-0.25, -0.2) is 0 Å². The molecule has 1 aliphatic rings. The van der Waals surface area contributed by atoms with Gasteiger partial charge in [-0.05, 0) is 12.0 Å². The van der Waals surface area contributed by atoms with Gasteiger partial charge in [-0.3, -0.25) is 9.69 Å². The molecule has 1 aliphatic heterocycles. The third kappa shape index (κ3) is 3.99. The highest BCUT2D eigenvalue weighted by molar-refractivity contribution is 7.99. The number of benzene rings is 2. The van der Waals surface area contributed by atoms with E-state index in [1.165, 1.54) is 11.3 Å². The van der Waals surface area contributed by atoms with E-state index in [9.17, 15) is 4.79 Å². The van der Waals surface area contributed by atoms with Crippen molar-refractivity contribution in [2.75, 3.05) is 24.7 Å². The van der Waals surface area contributed by atoms with E-state index >= 15 is 0 Å². The van der Waals surface area contributed by atoms with Gasteiger partial charge in [0.1, 0.15) is 0 Å². The summed E-state index contributed by atoms with van der Waals surface area (Å²) >= 11 is 1.95. The summed E-state index contributed by atoms with van der Waals surface area (Å²) in [6.45, 7) is 1.95. The Morgan fingerprint density at radius 3 is 2.36 bits per heavy atom. The Balaban J connectivity index is 1.77. The molecule has 1 atom stereocenters. The highest BCUT2D eigenvalue weighted by Crippen LogP contribution is 2.20. The number of hydrogen-bond donors (Lipinski definition) is 0. The largest absolute Gasteiger partial charge is 0.294 e. The van der Waals surface area contributed by atoms with Crippen LogP contribution in [0.2, 0.25) is 0 Å². The molecule has 3 heteroatoms. The zero-order chi connectivity index (χ0) is 15.2. The van der Waals surface area contributed by atoms with Crippen molar-refractivity contribution in [1.82, 2.24) is 4.90 Å². The molecule has 1 saturated heterocycles. The molecule has 3 rings (SSSR count). The first-order chi connectivity index (χ1) is 10.8. The summed E-state index contributed by atoms with van der Waals surface area (Å²) in [6, 6.07) is 20.0. The maximum atomic E-state index is 12.9. The lowest BCUT2D eigenvalue weighted by molar-refractivity contribution is 0.0891. The van der Waals surface area contributed by atoms with Crippen LogP contribution in [0.3, 0.4) is 0 Å². The van der Waals surface area contributed by atoms with Crippen molar-refractivity contribution in [3.8, 4) is 0 Å². The average molecular weight is 311 g/mol. The number of ketones is 1. The first-order valence-electron chi connectivity index (χ1n) is 7.76. The molecule has 1 unspecified atom stereocenters. The molecule has 22 heavy (non-hydrogen) atoms. The van der Waals surface area contributed by atoms with E-state index in [0.717, 1.165) is 31.0 Å². The van der Waals surface area contributed by atoms with E-state index in [1.54, 1.807) is 0 Å². The minimum Gasteiger partial charge on any atom is -0.294 e. The maximum Gasteiger partial charge on any atom is 0.167 e. The molecule has 1 fully saturated rings. The normalized spacial score (nSPS) is 16.5. The second kappa shape index (κ2) is 7.61. The second-order valence-electron chi connectivity index (χ2n) is 5.73. The highest BCUT2D eigenvalue weighted by atomic mass is 32.2. The molecule has 0 bridgehead atoms. The van der Waals surface area contributed by atoms with Crippen molar-refractivity contribution in [2.24, 2.45) is 5.92 Å². The predicted molar refractivity (Wildman–Crippen MR) is 93.3 cm³/mol. The van der Waals surface area contributed by atoms with Crippen LogP contribution in [0.15, 0.2) is 60.7 Å². The topological polar surface area (TPSA) is 20.3 Å². The SMILES string of the molecule is O=C(c1ccccc1)C(Cc1ccccc1)CN1CCSC1. The summed E-state index contributed by atoms with van der Waals surface area (Å²) in [4.78, 5) is 15.3. The Kier molecular flexibility index (Phi) is 5.30. The van der Waals surface area contributed by atoms with Crippen molar-refractivity contribution in [3.05, 3.63) is 71.8 Å².